The summed E-state index contributed by atoms with van der Waals surface area (Å²) in [6, 6.07) is 11.0. The van der Waals surface area contributed by atoms with Crippen LogP contribution >= 0.6 is 0 Å². The van der Waals surface area contributed by atoms with E-state index in [2.05, 4.69) is 20.5 Å². The van der Waals surface area contributed by atoms with Crippen LogP contribution in [0.1, 0.15) is 17.0 Å². The van der Waals surface area contributed by atoms with Crippen LogP contribution in [0.15, 0.2) is 45.7 Å². The number of benzene rings is 1. The molecule has 0 fully saturated rings. The summed E-state index contributed by atoms with van der Waals surface area (Å²) in [6.45, 7) is 2.91. The Bertz CT molecular complexity index is 1090. The lowest BCUT2D eigenvalue weighted by molar-refractivity contribution is -0.117. The largest absolute Gasteiger partial charge is 0.497 e. The summed E-state index contributed by atoms with van der Waals surface area (Å²) < 4.78 is 11.3. The first-order chi connectivity index (χ1) is 14.0. The van der Waals surface area contributed by atoms with Gasteiger partial charge in [0.25, 0.3) is 5.56 Å². The van der Waals surface area contributed by atoms with Crippen molar-refractivity contribution in [2.24, 2.45) is 0 Å². The van der Waals surface area contributed by atoms with E-state index in [1.54, 1.807) is 26.2 Å². The second kappa shape index (κ2) is 7.78. The molecule has 1 aliphatic rings. The van der Waals surface area contributed by atoms with Gasteiger partial charge in [0.2, 0.25) is 5.91 Å². The van der Waals surface area contributed by atoms with Crippen LogP contribution in [-0.4, -0.2) is 34.5 Å². The average molecular weight is 395 g/mol. The molecule has 0 saturated heterocycles. The Morgan fingerprint density at radius 3 is 2.76 bits per heavy atom. The number of aryl methyl sites for hydroxylation is 1. The van der Waals surface area contributed by atoms with Crippen LogP contribution in [0.3, 0.4) is 0 Å². The van der Waals surface area contributed by atoms with Crippen molar-refractivity contribution in [3.63, 3.8) is 0 Å². The maximum Gasteiger partial charge on any atom is 0.267 e. The van der Waals surface area contributed by atoms with Crippen LogP contribution in [0.2, 0.25) is 0 Å². The summed E-state index contributed by atoms with van der Waals surface area (Å²) >= 11 is 0. The van der Waals surface area contributed by atoms with E-state index in [0.29, 0.717) is 24.5 Å². The number of aromatic nitrogens is 3. The number of rotatable bonds is 5. The van der Waals surface area contributed by atoms with Crippen molar-refractivity contribution in [2.75, 3.05) is 23.9 Å². The number of fused-ring (bicyclic) bond motifs is 1. The molecule has 4 rings (SSSR count). The highest BCUT2D eigenvalue weighted by atomic mass is 16.5. The molecule has 1 aliphatic heterocycles. The molecule has 3 aromatic rings. The number of hydrogen-bond donors (Lipinski definition) is 1. The highest BCUT2D eigenvalue weighted by Gasteiger charge is 2.20. The zero-order valence-electron chi connectivity index (χ0n) is 16.2. The molecule has 0 unspecified atom stereocenters. The summed E-state index contributed by atoms with van der Waals surface area (Å²) in [6.07, 6.45) is 0.686. The van der Waals surface area contributed by atoms with Crippen LogP contribution in [0.25, 0.3) is 0 Å². The number of methoxy groups -OCH3 is 1. The maximum atomic E-state index is 12.5. The second-order valence-electron chi connectivity index (χ2n) is 6.85. The average Bonchev–Trinajstić information content (AvgIpc) is 3.12. The van der Waals surface area contributed by atoms with E-state index in [-0.39, 0.29) is 18.0 Å². The first kappa shape index (κ1) is 18.7. The van der Waals surface area contributed by atoms with Crippen LogP contribution in [0.4, 0.5) is 11.5 Å². The van der Waals surface area contributed by atoms with Crippen LogP contribution in [0.5, 0.6) is 5.75 Å². The van der Waals surface area contributed by atoms with Crippen molar-refractivity contribution in [3.05, 3.63) is 63.8 Å². The minimum absolute atomic E-state index is 0.180. The molecule has 2 aromatic heterocycles. The van der Waals surface area contributed by atoms with E-state index in [1.165, 1.54) is 4.68 Å². The molecule has 3 heterocycles. The first-order valence-electron chi connectivity index (χ1n) is 9.24. The summed E-state index contributed by atoms with van der Waals surface area (Å²) in [5.74, 6) is 1.32. The molecule has 1 N–H and O–H groups in total. The summed E-state index contributed by atoms with van der Waals surface area (Å²) in [4.78, 5) is 26.8. The standard InChI is InChI=1S/C20H21N5O4/c1-13-9-18(23-29-13)21-19(26)12-25-20(27)10-14-11-24(8-7-17(14)22-25)15-3-5-16(28-2)6-4-15/h3-6,9-10H,7-8,11-12H2,1-2H3,(H,21,23,26). The Kier molecular flexibility index (Phi) is 5.03. The van der Waals surface area contributed by atoms with E-state index >= 15 is 0 Å². The molecule has 9 heteroatoms. The lowest BCUT2D eigenvalue weighted by atomic mass is 10.1. The SMILES string of the molecule is COc1ccc(N2CCc3nn(CC(=O)Nc4cc(C)on4)c(=O)cc3C2)cc1. The monoisotopic (exact) mass is 395 g/mol. The highest BCUT2D eigenvalue weighted by molar-refractivity contribution is 5.89. The van der Waals surface area contributed by atoms with E-state index in [9.17, 15) is 9.59 Å². The Balaban J connectivity index is 1.47. The van der Waals surface area contributed by atoms with E-state index in [4.69, 9.17) is 9.26 Å². The molecule has 0 spiro atoms. The van der Waals surface area contributed by atoms with Crippen molar-refractivity contribution >= 4 is 17.4 Å². The maximum absolute atomic E-state index is 12.5. The molecule has 0 bridgehead atoms. The fourth-order valence-electron chi connectivity index (χ4n) is 3.31. The predicted molar refractivity (Wildman–Crippen MR) is 106 cm³/mol. The molecular weight excluding hydrogens is 374 g/mol. The quantitative estimate of drug-likeness (QED) is 0.702. The second-order valence-corrected chi connectivity index (χ2v) is 6.85. The van der Waals surface area contributed by atoms with Crippen molar-refractivity contribution in [1.82, 2.24) is 14.9 Å². The number of carbonyl (C=O) groups excluding carboxylic acids is 1. The van der Waals surface area contributed by atoms with Gasteiger partial charge >= 0.3 is 0 Å². The zero-order chi connectivity index (χ0) is 20.4. The van der Waals surface area contributed by atoms with Crippen LogP contribution in [-0.2, 0) is 24.3 Å². The van der Waals surface area contributed by atoms with E-state index in [0.717, 1.165) is 29.2 Å². The number of ether oxygens (including phenoxy) is 1. The molecular formula is C20H21N5O4. The third-order valence-electron chi connectivity index (χ3n) is 4.77. The van der Waals surface area contributed by atoms with Crippen LogP contribution < -0.4 is 20.5 Å². The van der Waals surface area contributed by atoms with Gasteiger partial charge in [-0.15, -0.1) is 0 Å². The summed E-state index contributed by atoms with van der Waals surface area (Å²) in [5.41, 5.74) is 2.45. The van der Waals surface area contributed by atoms with E-state index < -0.39 is 0 Å². The van der Waals surface area contributed by atoms with Crippen molar-refractivity contribution in [2.45, 2.75) is 26.4 Å². The number of nitrogens with zero attached hydrogens (tertiary/aromatic N) is 4. The molecule has 0 aliphatic carbocycles. The zero-order valence-corrected chi connectivity index (χ0v) is 16.2. The number of nitrogens with one attached hydrogen (secondary N) is 1. The van der Waals surface area contributed by atoms with E-state index in [1.807, 2.05) is 24.3 Å². The minimum Gasteiger partial charge on any atom is -0.497 e. The molecule has 0 atom stereocenters. The normalized spacial score (nSPS) is 13.1. The molecule has 0 saturated carbocycles. The predicted octanol–water partition coefficient (Wildman–Crippen LogP) is 1.75. The molecule has 1 amide bonds. The van der Waals surface area contributed by atoms with Gasteiger partial charge < -0.3 is 19.5 Å². The summed E-state index contributed by atoms with van der Waals surface area (Å²) in [7, 11) is 1.63. The van der Waals surface area contributed by atoms with Crippen LogP contribution in [0, 0.1) is 6.92 Å². The van der Waals surface area contributed by atoms with Crippen molar-refractivity contribution in [1.29, 1.82) is 0 Å². The van der Waals surface area contributed by atoms with Crippen molar-refractivity contribution < 1.29 is 14.1 Å². The third-order valence-corrected chi connectivity index (χ3v) is 4.77. The Morgan fingerprint density at radius 2 is 2.07 bits per heavy atom. The number of anilines is 2. The molecule has 9 nitrogen and oxygen atoms in total. The fraction of sp³-hybridized carbons (Fsp3) is 0.300. The van der Waals surface area contributed by atoms with Crippen molar-refractivity contribution in [3.8, 4) is 5.75 Å². The smallest absolute Gasteiger partial charge is 0.267 e. The number of amides is 1. The molecule has 29 heavy (non-hydrogen) atoms. The van der Waals surface area contributed by atoms with Gasteiger partial charge in [-0.2, -0.15) is 5.10 Å². The highest BCUT2D eigenvalue weighted by Crippen LogP contribution is 2.24. The van der Waals surface area contributed by atoms with Gasteiger partial charge in [-0.25, -0.2) is 4.68 Å². The first-order valence-corrected chi connectivity index (χ1v) is 9.24. The Morgan fingerprint density at radius 1 is 1.28 bits per heavy atom. The lowest BCUT2D eigenvalue weighted by Gasteiger charge is -2.30. The fourth-order valence-corrected chi connectivity index (χ4v) is 3.31. The minimum atomic E-state index is -0.386. The Hall–Kier alpha value is -3.62. The number of hydrogen-bond acceptors (Lipinski definition) is 7. The van der Waals surface area contributed by atoms with Gasteiger partial charge in [-0.1, -0.05) is 5.16 Å². The van der Waals surface area contributed by atoms with Gasteiger partial charge in [0.15, 0.2) is 5.82 Å². The molecule has 1 aromatic carbocycles. The molecule has 150 valence electrons. The van der Waals surface area contributed by atoms with Gasteiger partial charge in [0, 0.05) is 42.9 Å². The molecule has 0 radical (unpaired) electrons. The lowest BCUT2D eigenvalue weighted by Crippen LogP contribution is -2.36. The number of carbonyl (C=O) groups is 1. The third kappa shape index (κ3) is 4.13. The topological polar surface area (TPSA) is 102 Å². The van der Waals surface area contributed by atoms with Gasteiger partial charge in [0.05, 0.1) is 12.8 Å². The van der Waals surface area contributed by atoms with Gasteiger partial charge in [-0.05, 0) is 31.2 Å². The Labute approximate surface area is 166 Å². The summed E-state index contributed by atoms with van der Waals surface area (Å²) in [5, 5.41) is 10.7. The van der Waals surface area contributed by atoms with Gasteiger partial charge in [-0.3, -0.25) is 9.59 Å². The van der Waals surface area contributed by atoms with Gasteiger partial charge in [0.1, 0.15) is 18.1 Å².